The van der Waals surface area contributed by atoms with Gasteiger partial charge in [0, 0.05) is 11.0 Å². The van der Waals surface area contributed by atoms with Crippen LogP contribution in [0, 0.1) is 10.7 Å². The molecule has 1 aromatic heterocycles. The van der Waals surface area contributed by atoms with Crippen molar-refractivity contribution in [3.05, 3.63) is 27.4 Å². The van der Waals surface area contributed by atoms with E-state index in [0.29, 0.717) is 5.92 Å². The van der Waals surface area contributed by atoms with Crippen molar-refractivity contribution in [1.29, 1.82) is 0 Å². The molecule has 0 aliphatic carbocycles. The topological polar surface area (TPSA) is 20.7 Å². The van der Waals surface area contributed by atoms with Crippen molar-refractivity contribution in [2.45, 2.75) is 46.1 Å². The molecule has 0 radical (unpaired) electrons. The standard InChI is InChI=1S/C15H21BrN2S/c1-3-5-6-11(4-2)10-18-14-8-7-12(16)9-13(14)17-15(18)19/h7-9,11H,3-6,10H2,1-2H3,(H,17,19). The van der Waals surface area contributed by atoms with Crippen LogP contribution in [-0.2, 0) is 6.54 Å². The van der Waals surface area contributed by atoms with Gasteiger partial charge in [0.25, 0.3) is 0 Å². The fraction of sp³-hybridized carbons (Fsp3) is 0.533. The summed E-state index contributed by atoms with van der Waals surface area (Å²) in [4.78, 5) is 3.30. The molecule has 1 heterocycles. The van der Waals surface area contributed by atoms with E-state index in [1.165, 1.54) is 31.2 Å². The van der Waals surface area contributed by atoms with Crippen molar-refractivity contribution in [2.24, 2.45) is 5.92 Å². The molecule has 0 saturated carbocycles. The molecule has 0 aliphatic heterocycles. The van der Waals surface area contributed by atoms with Gasteiger partial charge in [-0.15, -0.1) is 0 Å². The quantitative estimate of drug-likeness (QED) is 0.671. The number of imidazole rings is 1. The smallest absolute Gasteiger partial charge is 0.178 e. The van der Waals surface area contributed by atoms with Gasteiger partial charge in [0.2, 0.25) is 0 Å². The van der Waals surface area contributed by atoms with Crippen LogP contribution in [-0.4, -0.2) is 9.55 Å². The highest BCUT2D eigenvalue weighted by Crippen LogP contribution is 2.22. The van der Waals surface area contributed by atoms with Crippen LogP contribution >= 0.6 is 28.1 Å². The summed E-state index contributed by atoms with van der Waals surface area (Å²) in [6.45, 7) is 5.55. The summed E-state index contributed by atoms with van der Waals surface area (Å²) >= 11 is 8.97. The summed E-state index contributed by atoms with van der Waals surface area (Å²) in [6.07, 6.45) is 5.07. The number of aromatic amines is 1. The number of nitrogens with one attached hydrogen (secondary N) is 1. The molecule has 4 heteroatoms. The van der Waals surface area contributed by atoms with E-state index in [0.717, 1.165) is 21.3 Å². The molecule has 19 heavy (non-hydrogen) atoms. The highest BCUT2D eigenvalue weighted by Gasteiger charge is 2.11. The number of hydrogen-bond donors (Lipinski definition) is 1. The molecule has 1 N–H and O–H groups in total. The van der Waals surface area contributed by atoms with Gasteiger partial charge in [-0.2, -0.15) is 0 Å². The second-order valence-electron chi connectivity index (χ2n) is 5.12. The van der Waals surface area contributed by atoms with E-state index in [-0.39, 0.29) is 0 Å². The predicted molar refractivity (Wildman–Crippen MR) is 88.1 cm³/mol. The van der Waals surface area contributed by atoms with Gasteiger partial charge in [-0.25, -0.2) is 0 Å². The summed E-state index contributed by atoms with van der Waals surface area (Å²) in [5.74, 6) is 0.717. The Morgan fingerprint density at radius 3 is 2.84 bits per heavy atom. The van der Waals surface area contributed by atoms with Gasteiger partial charge in [-0.3, -0.25) is 0 Å². The lowest BCUT2D eigenvalue weighted by molar-refractivity contribution is 0.393. The number of H-pyrrole nitrogens is 1. The molecule has 0 bridgehead atoms. The first-order chi connectivity index (χ1) is 9.15. The second kappa shape index (κ2) is 6.71. The largest absolute Gasteiger partial charge is 0.331 e. The summed E-state index contributed by atoms with van der Waals surface area (Å²) in [5.41, 5.74) is 2.33. The molecule has 0 aliphatic rings. The minimum atomic E-state index is 0.717. The molecule has 0 saturated heterocycles. The lowest BCUT2D eigenvalue weighted by Crippen LogP contribution is -2.10. The van der Waals surface area contributed by atoms with E-state index < -0.39 is 0 Å². The number of benzene rings is 1. The minimum Gasteiger partial charge on any atom is -0.331 e. The Labute approximate surface area is 128 Å². The normalized spacial score (nSPS) is 13.0. The number of aromatic nitrogens is 2. The van der Waals surface area contributed by atoms with E-state index in [1.54, 1.807) is 0 Å². The first-order valence-electron chi connectivity index (χ1n) is 7.03. The molecule has 2 aromatic rings. The number of unbranched alkanes of at least 4 members (excludes halogenated alkanes) is 1. The summed E-state index contributed by atoms with van der Waals surface area (Å²) in [7, 11) is 0. The molecule has 1 aromatic carbocycles. The number of rotatable bonds is 6. The average molecular weight is 341 g/mol. The van der Waals surface area contributed by atoms with Gasteiger partial charge in [-0.05, 0) is 42.8 Å². The van der Waals surface area contributed by atoms with Crippen LogP contribution in [0.2, 0.25) is 0 Å². The third-order valence-corrected chi connectivity index (χ3v) is 4.54. The number of halogens is 1. The average Bonchev–Trinajstić information content (AvgIpc) is 2.69. The van der Waals surface area contributed by atoms with Gasteiger partial charge in [-0.1, -0.05) is 49.0 Å². The van der Waals surface area contributed by atoms with E-state index in [1.807, 2.05) is 0 Å². The molecule has 1 unspecified atom stereocenters. The maximum absolute atomic E-state index is 5.47. The Morgan fingerprint density at radius 1 is 1.37 bits per heavy atom. The van der Waals surface area contributed by atoms with Crippen molar-refractivity contribution >= 4 is 39.2 Å². The van der Waals surface area contributed by atoms with Gasteiger partial charge < -0.3 is 9.55 Å². The summed E-state index contributed by atoms with van der Waals surface area (Å²) in [6, 6.07) is 6.31. The number of nitrogens with zero attached hydrogens (tertiary/aromatic N) is 1. The second-order valence-corrected chi connectivity index (χ2v) is 6.42. The highest BCUT2D eigenvalue weighted by molar-refractivity contribution is 9.10. The fourth-order valence-corrected chi connectivity index (χ4v) is 3.14. The van der Waals surface area contributed by atoms with Crippen LogP contribution in [0.25, 0.3) is 11.0 Å². The molecule has 104 valence electrons. The zero-order valence-corrected chi connectivity index (χ0v) is 14.0. The van der Waals surface area contributed by atoms with E-state index in [9.17, 15) is 0 Å². The Bertz CT molecular complexity index is 600. The summed E-state index contributed by atoms with van der Waals surface area (Å²) < 4.78 is 4.17. The zero-order chi connectivity index (χ0) is 13.8. The number of hydrogen-bond acceptors (Lipinski definition) is 1. The first-order valence-corrected chi connectivity index (χ1v) is 8.23. The van der Waals surface area contributed by atoms with E-state index >= 15 is 0 Å². The van der Waals surface area contributed by atoms with Crippen molar-refractivity contribution in [3.8, 4) is 0 Å². The van der Waals surface area contributed by atoms with Gasteiger partial charge in [0.15, 0.2) is 4.77 Å². The SMILES string of the molecule is CCCCC(CC)Cn1c(=S)[nH]c2cc(Br)ccc21. The van der Waals surface area contributed by atoms with Crippen LogP contribution in [0.4, 0.5) is 0 Å². The molecule has 2 rings (SSSR count). The van der Waals surface area contributed by atoms with Crippen LogP contribution in [0.15, 0.2) is 22.7 Å². The molecular formula is C15H21BrN2S. The maximum Gasteiger partial charge on any atom is 0.178 e. The van der Waals surface area contributed by atoms with Crippen molar-refractivity contribution in [1.82, 2.24) is 9.55 Å². The van der Waals surface area contributed by atoms with Crippen molar-refractivity contribution < 1.29 is 0 Å². The third kappa shape index (κ3) is 3.48. The lowest BCUT2D eigenvalue weighted by Gasteiger charge is -2.15. The van der Waals surface area contributed by atoms with Crippen LogP contribution in [0.5, 0.6) is 0 Å². The monoisotopic (exact) mass is 340 g/mol. The molecule has 0 amide bonds. The van der Waals surface area contributed by atoms with Crippen LogP contribution < -0.4 is 0 Å². The molecule has 2 nitrogen and oxygen atoms in total. The number of fused-ring (bicyclic) bond motifs is 1. The van der Waals surface area contributed by atoms with Gasteiger partial charge in [0.05, 0.1) is 11.0 Å². The molecule has 1 atom stereocenters. The van der Waals surface area contributed by atoms with Crippen LogP contribution in [0.3, 0.4) is 0 Å². The van der Waals surface area contributed by atoms with Crippen molar-refractivity contribution in [3.63, 3.8) is 0 Å². The minimum absolute atomic E-state index is 0.717. The van der Waals surface area contributed by atoms with Gasteiger partial charge >= 0.3 is 0 Å². The zero-order valence-electron chi connectivity index (χ0n) is 11.6. The Hall–Kier alpha value is -0.610. The fourth-order valence-electron chi connectivity index (χ4n) is 2.49. The van der Waals surface area contributed by atoms with Gasteiger partial charge in [0.1, 0.15) is 0 Å². The first kappa shape index (κ1) is 14.8. The predicted octanol–water partition coefficient (Wildman–Crippen LogP) is 5.68. The Morgan fingerprint density at radius 2 is 2.16 bits per heavy atom. The maximum atomic E-state index is 5.47. The van der Waals surface area contributed by atoms with E-state index in [4.69, 9.17) is 12.2 Å². The van der Waals surface area contributed by atoms with E-state index in [2.05, 4.69) is 57.5 Å². The lowest BCUT2D eigenvalue weighted by atomic mass is 9.99. The Kier molecular flexibility index (Phi) is 5.22. The Balaban J connectivity index is 2.28. The van der Waals surface area contributed by atoms with Crippen molar-refractivity contribution in [2.75, 3.05) is 0 Å². The third-order valence-electron chi connectivity index (χ3n) is 3.72. The highest BCUT2D eigenvalue weighted by atomic mass is 79.9. The molecule has 0 spiro atoms. The summed E-state index contributed by atoms with van der Waals surface area (Å²) in [5, 5.41) is 0. The van der Waals surface area contributed by atoms with Crippen LogP contribution in [0.1, 0.15) is 39.5 Å². The molecule has 0 fully saturated rings. The molecular weight excluding hydrogens is 320 g/mol.